The van der Waals surface area contributed by atoms with Gasteiger partial charge in [0.1, 0.15) is 0 Å². The van der Waals surface area contributed by atoms with Crippen molar-refractivity contribution < 1.29 is 9.53 Å². The van der Waals surface area contributed by atoms with Gasteiger partial charge in [-0.05, 0) is 31.7 Å². The Morgan fingerprint density at radius 3 is 2.52 bits per heavy atom. The smallest absolute Gasteiger partial charge is 0.230 e. The van der Waals surface area contributed by atoms with E-state index < -0.39 is 0 Å². The van der Waals surface area contributed by atoms with Crippen molar-refractivity contribution in [3.05, 3.63) is 23.9 Å². The van der Waals surface area contributed by atoms with Crippen molar-refractivity contribution in [2.24, 2.45) is 10.4 Å². The van der Waals surface area contributed by atoms with Gasteiger partial charge in [-0.25, -0.2) is 9.98 Å². The molecule has 0 spiro atoms. The molecular weight excluding hydrogens is 481 g/mol. The van der Waals surface area contributed by atoms with E-state index in [9.17, 15) is 4.79 Å². The second-order valence-electron chi connectivity index (χ2n) is 7.59. The molecule has 0 radical (unpaired) electrons. The van der Waals surface area contributed by atoms with E-state index in [0.29, 0.717) is 25.6 Å². The fraction of sp³-hybridized carbons (Fsp3) is 0.667. The average molecular weight is 517 g/mol. The molecule has 1 aliphatic rings. The first-order valence-corrected chi connectivity index (χ1v) is 10.3. The van der Waals surface area contributed by atoms with Gasteiger partial charge in [0.05, 0.1) is 18.6 Å². The van der Waals surface area contributed by atoms with Gasteiger partial charge in [0.25, 0.3) is 0 Å². The van der Waals surface area contributed by atoms with Crippen molar-refractivity contribution in [1.82, 2.24) is 20.5 Å². The molecule has 164 valence electrons. The normalized spacial score (nSPS) is 15.4. The lowest BCUT2D eigenvalue weighted by molar-refractivity contribution is -0.138. The summed E-state index contributed by atoms with van der Waals surface area (Å²) in [5.41, 5.74) is 0.695. The maximum absolute atomic E-state index is 12.7. The summed E-state index contributed by atoms with van der Waals surface area (Å²) in [5.74, 6) is 1.58. The topological polar surface area (TPSA) is 78.8 Å². The Labute approximate surface area is 192 Å². The first kappa shape index (κ1) is 25.5. The highest BCUT2D eigenvalue weighted by atomic mass is 127. The molecule has 1 fully saturated rings. The third-order valence-corrected chi connectivity index (χ3v) is 5.03. The van der Waals surface area contributed by atoms with Gasteiger partial charge in [-0.2, -0.15) is 0 Å². The van der Waals surface area contributed by atoms with Crippen LogP contribution in [0.2, 0.25) is 0 Å². The minimum atomic E-state index is -0.320. The maximum Gasteiger partial charge on any atom is 0.230 e. The minimum absolute atomic E-state index is 0. The van der Waals surface area contributed by atoms with Gasteiger partial charge in [-0.15, -0.1) is 24.0 Å². The molecule has 1 saturated carbocycles. The number of guanidine groups is 1. The molecular formula is C21H36IN5O2. The summed E-state index contributed by atoms with van der Waals surface area (Å²) in [4.78, 5) is 23.4. The number of aliphatic imine (C=N–C) groups is 1. The predicted octanol–water partition coefficient (Wildman–Crippen LogP) is 3.19. The zero-order valence-corrected chi connectivity index (χ0v) is 20.5. The second kappa shape index (κ2) is 12.9. The lowest BCUT2D eigenvalue weighted by atomic mass is 9.84. The van der Waals surface area contributed by atoms with Gasteiger partial charge in [-0.1, -0.05) is 25.8 Å². The number of amides is 1. The fourth-order valence-corrected chi connectivity index (χ4v) is 3.55. The van der Waals surface area contributed by atoms with Crippen molar-refractivity contribution in [3.8, 4) is 5.88 Å². The number of aromatic nitrogens is 1. The minimum Gasteiger partial charge on any atom is -0.478 e. The molecule has 0 aliphatic heterocycles. The van der Waals surface area contributed by atoms with E-state index in [1.54, 1.807) is 11.1 Å². The first-order chi connectivity index (χ1) is 13.5. The van der Waals surface area contributed by atoms with Crippen LogP contribution in [-0.4, -0.2) is 55.5 Å². The second-order valence-corrected chi connectivity index (χ2v) is 7.59. The Morgan fingerprint density at radius 2 is 1.97 bits per heavy atom. The quantitative estimate of drug-likeness (QED) is 0.299. The van der Waals surface area contributed by atoms with Gasteiger partial charge in [0, 0.05) is 39.4 Å². The van der Waals surface area contributed by atoms with Crippen molar-refractivity contribution >= 4 is 35.8 Å². The summed E-state index contributed by atoms with van der Waals surface area (Å²) >= 11 is 0. The van der Waals surface area contributed by atoms with Crippen molar-refractivity contribution in [2.75, 3.05) is 33.8 Å². The maximum atomic E-state index is 12.7. The number of carbonyl (C=O) groups is 1. The van der Waals surface area contributed by atoms with Crippen LogP contribution < -0.4 is 15.4 Å². The van der Waals surface area contributed by atoms with Crippen LogP contribution in [0.1, 0.15) is 51.5 Å². The molecule has 7 nitrogen and oxygen atoms in total. The summed E-state index contributed by atoms with van der Waals surface area (Å²) < 4.78 is 5.52. The van der Waals surface area contributed by atoms with E-state index in [2.05, 4.69) is 27.5 Å². The van der Waals surface area contributed by atoms with E-state index in [4.69, 9.17) is 4.74 Å². The van der Waals surface area contributed by atoms with Crippen LogP contribution >= 0.6 is 24.0 Å². The van der Waals surface area contributed by atoms with Crippen LogP contribution in [-0.2, 0) is 11.3 Å². The van der Waals surface area contributed by atoms with E-state index in [-0.39, 0.29) is 35.3 Å². The summed E-state index contributed by atoms with van der Waals surface area (Å²) in [5, 5.41) is 6.67. The molecule has 1 aliphatic carbocycles. The number of hydrogen-bond acceptors (Lipinski definition) is 4. The molecule has 29 heavy (non-hydrogen) atoms. The number of pyridine rings is 1. The molecule has 1 heterocycles. The Hall–Kier alpha value is -1.58. The van der Waals surface area contributed by atoms with Gasteiger partial charge in [0.2, 0.25) is 11.8 Å². The number of nitrogens with one attached hydrogen (secondary N) is 2. The lowest BCUT2D eigenvalue weighted by Crippen LogP contribution is -2.49. The number of halogens is 1. The summed E-state index contributed by atoms with van der Waals surface area (Å²) in [6.07, 6.45) is 6.83. The zero-order chi connectivity index (χ0) is 20.4. The van der Waals surface area contributed by atoms with Crippen LogP contribution in [0.5, 0.6) is 5.88 Å². The first-order valence-electron chi connectivity index (χ1n) is 10.3. The Morgan fingerprint density at radius 1 is 1.24 bits per heavy atom. The zero-order valence-electron chi connectivity index (χ0n) is 18.2. The number of hydrogen-bond donors (Lipinski definition) is 2. The molecule has 2 rings (SSSR count). The Balaban J connectivity index is 0.00000420. The molecule has 0 unspecified atom stereocenters. The van der Waals surface area contributed by atoms with Crippen LogP contribution in [0.3, 0.4) is 0 Å². The predicted molar refractivity (Wildman–Crippen MR) is 128 cm³/mol. The molecule has 1 amide bonds. The highest BCUT2D eigenvalue weighted by Gasteiger charge is 2.42. The lowest BCUT2D eigenvalue weighted by Gasteiger charge is -2.31. The molecule has 0 bridgehead atoms. The summed E-state index contributed by atoms with van der Waals surface area (Å²) in [6, 6.07) is 3.86. The van der Waals surface area contributed by atoms with Crippen molar-refractivity contribution in [2.45, 2.75) is 52.5 Å². The number of carbonyl (C=O) groups excluding carboxylic acids is 1. The highest BCUT2D eigenvalue weighted by molar-refractivity contribution is 14.0. The Kier molecular flexibility index (Phi) is 11.3. The summed E-state index contributed by atoms with van der Waals surface area (Å²) in [7, 11) is 3.67. The Bertz CT molecular complexity index is 643. The largest absolute Gasteiger partial charge is 0.478 e. The van der Waals surface area contributed by atoms with Crippen LogP contribution in [0.4, 0.5) is 0 Å². The average Bonchev–Trinajstić information content (AvgIpc) is 3.18. The molecule has 0 aromatic carbocycles. The van der Waals surface area contributed by atoms with E-state index in [1.807, 2.05) is 33.2 Å². The van der Waals surface area contributed by atoms with E-state index >= 15 is 0 Å². The van der Waals surface area contributed by atoms with E-state index in [1.165, 1.54) is 0 Å². The van der Waals surface area contributed by atoms with E-state index in [0.717, 1.165) is 50.2 Å². The van der Waals surface area contributed by atoms with Gasteiger partial charge in [0.15, 0.2) is 5.96 Å². The standard InChI is InChI=1S/C21H35N5O2.HI/c1-5-13-28-18-10-9-17(14-23-18)15-24-20(22-6-2)25-16-21(11-7-8-12-21)19(27)26(3)4;/h9-10,14H,5-8,11-13,15-16H2,1-4H3,(H2,22,24,25);1H. The SMILES string of the molecule is CCCOc1ccc(CN=C(NCC)NCC2(C(=O)N(C)C)CCCC2)cn1.I. The molecule has 0 atom stereocenters. The number of ether oxygens (including phenoxy) is 1. The number of rotatable bonds is 9. The molecule has 1 aromatic rings. The molecule has 0 saturated heterocycles. The number of nitrogens with zero attached hydrogens (tertiary/aromatic N) is 3. The molecule has 2 N–H and O–H groups in total. The monoisotopic (exact) mass is 517 g/mol. The molecule has 8 heteroatoms. The van der Waals surface area contributed by atoms with Crippen molar-refractivity contribution in [3.63, 3.8) is 0 Å². The third-order valence-electron chi connectivity index (χ3n) is 5.03. The van der Waals surface area contributed by atoms with Crippen LogP contribution in [0.25, 0.3) is 0 Å². The van der Waals surface area contributed by atoms with Gasteiger partial charge < -0.3 is 20.3 Å². The fourth-order valence-electron chi connectivity index (χ4n) is 3.55. The van der Waals surface area contributed by atoms with Gasteiger partial charge >= 0.3 is 0 Å². The van der Waals surface area contributed by atoms with Crippen molar-refractivity contribution in [1.29, 1.82) is 0 Å². The van der Waals surface area contributed by atoms with Crippen LogP contribution in [0, 0.1) is 5.41 Å². The summed E-state index contributed by atoms with van der Waals surface area (Å²) in [6.45, 7) is 6.67. The molecule has 1 aromatic heterocycles. The highest BCUT2D eigenvalue weighted by Crippen LogP contribution is 2.38. The van der Waals surface area contributed by atoms with Crippen LogP contribution in [0.15, 0.2) is 23.3 Å². The van der Waals surface area contributed by atoms with Gasteiger partial charge in [-0.3, -0.25) is 4.79 Å². The third kappa shape index (κ3) is 7.64.